The Morgan fingerprint density at radius 1 is 1.20 bits per heavy atom. The Morgan fingerprint density at radius 2 is 1.92 bits per heavy atom. The van der Waals surface area contributed by atoms with Crippen molar-refractivity contribution in [2.75, 3.05) is 12.9 Å². The molecule has 1 heterocycles. The van der Waals surface area contributed by atoms with E-state index in [9.17, 15) is 4.79 Å². The van der Waals surface area contributed by atoms with E-state index in [0.29, 0.717) is 12.3 Å². The molecule has 0 saturated heterocycles. The number of carbonyl (C=O) groups is 1. The number of nitrogens with one attached hydrogen (secondary N) is 1. The Hall–Kier alpha value is -1.53. The largest absolute Gasteiger partial charge is 0.496 e. The lowest BCUT2D eigenvalue weighted by Gasteiger charge is -2.13. The van der Waals surface area contributed by atoms with Gasteiger partial charge in [-0.1, -0.05) is 15.9 Å². The van der Waals surface area contributed by atoms with Gasteiger partial charge in [-0.25, -0.2) is 0 Å². The number of halogens is 1. The van der Waals surface area contributed by atoms with Crippen molar-refractivity contribution in [1.82, 2.24) is 10.3 Å². The number of hydrogen-bond acceptors (Lipinski definition) is 4. The van der Waals surface area contributed by atoms with E-state index in [1.807, 2.05) is 20.8 Å². The summed E-state index contributed by atoms with van der Waals surface area (Å²) in [7, 11) is 1.65. The molecule has 1 aromatic carbocycles. The number of benzene rings is 1. The summed E-state index contributed by atoms with van der Waals surface area (Å²) >= 11 is 5.08. The third-order valence-electron chi connectivity index (χ3n) is 4.02. The molecule has 2 rings (SSSR count). The number of nitrogens with zero attached hydrogens (tertiary/aromatic N) is 1. The maximum atomic E-state index is 12.2. The van der Waals surface area contributed by atoms with Gasteiger partial charge >= 0.3 is 0 Å². The van der Waals surface area contributed by atoms with Gasteiger partial charge in [0.2, 0.25) is 5.91 Å². The van der Waals surface area contributed by atoms with Crippen molar-refractivity contribution in [3.8, 4) is 5.75 Å². The molecule has 0 saturated carbocycles. The van der Waals surface area contributed by atoms with Gasteiger partial charge < -0.3 is 10.1 Å². The quantitative estimate of drug-likeness (QED) is 0.696. The molecular formula is C19H23BrN2O2S. The fourth-order valence-corrected chi connectivity index (χ4v) is 3.93. The van der Waals surface area contributed by atoms with Crippen LogP contribution in [0.5, 0.6) is 5.75 Å². The van der Waals surface area contributed by atoms with Crippen LogP contribution in [0.1, 0.15) is 27.9 Å². The molecule has 2 aromatic rings. The molecule has 0 radical (unpaired) electrons. The molecule has 0 aliphatic carbocycles. The first-order chi connectivity index (χ1) is 11.8. The van der Waals surface area contributed by atoms with Gasteiger partial charge in [0.05, 0.1) is 25.1 Å². The van der Waals surface area contributed by atoms with Crippen LogP contribution in [-0.2, 0) is 11.3 Å². The Morgan fingerprint density at radius 3 is 2.60 bits per heavy atom. The molecule has 0 fully saturated rings. The van der Waals surface area contributed by atoms with E-state index in [1.165, 1.54) is 5.56 Å². The first-order valence-electron chi connectivity index (χ1n) is 7.98. The zero-order valence-electron chi connectivity index (χ0n) is 15.2. The highest BCUT2D eigenvalue weighted by Gasteiger charge is 2.11. The summed E-state index contributed by atoms with van der Waals surface area (Å²) in [6.07, 6.45) is 1.77. The van der Waals surface area contributed by atoms with E-state index in [4.69, 9.17) is 4.74 Å². The fourth-order valence-electron chi connectivity index (χ4n) is 2.54. The second kappa shape index (κ2) is 8.72. The summed E-state index contributed by atoms with van der Waals surface area (Å²) in [5.41, 5.74) is 5.12. The second-order valence-corrected chi connectivity index (χ2v) is 7.85. The molecule has 1 amide bonds. The lowest BCUT2D eigenvalue weighted by Crippen LogP contribution is -2.25. The van der Waals surface area contributed by atoms with E-state index < -0.39 is 0 Å². The van der Waals surface area contributed by atoms with Gasteiger partial charge in [-0.15, -0.1) is 11.8 Å². The van der Waals surface area contributed by atoms with Gasteiger partial charge in [0.25, 0.3) is 0 Å². The van der Waals surface area contributed by atoms with Crippen molar-refractivity contribution in [3.05, 3.63) is 50.8 Å². The summed E-state index contributed by atoms with van der Waals surface area (Å²) < 4.78 is 6.49. The van der Waals surface area contributed by atoms with Crippen LogP contribution in [0.25, 0.3) is 0 Å². The van der Waals surface area contributed by atoms with Crippen molar-refractivity contribution in [2.45, 2.75) is 39.1 Å². The summed E-state index contributed by atoms with van der Waals surface area (Å²) in [6.45, 7) is 8.42. The van der Waals surface area contributed by atoms with Gasteiger partial charge in [-0.05, 0) is 51.0 Å². The van der Waals surface area contributed by atoms with Crippen molar-refractivity contribution < 1.29 is 9.53 Å². The number of carbonyl (C=O) groups excluding carboxylic acids is 1. The molecule has 6 heteroatoms. The number of thioether (sulfide) groups is 1. The van der Waals surface area contributed by atoms with Crippen molar-refractivity contribution in [2.24, 2.45) is 0 Å². The molecule has 0 unspecified atom stereocenters. The third kappa shape index (κ3) is 4.98. The number of aryl methyl sites for hydroxylation is 3. The van der Waals surface area contributed by atoms with Crippen LogP contribution in [0.3, 0.4) is 0 Å². The molecule has 1 aromatic heterocycles. The third-order valence-corrected chi connectivity index (χ3v) is 6.03. The summed E-state index contributed by atoms with van der Waals surface area (Å²) in [6, 6.07) is 4.19. The minimum atomic E-state index is -0.00860. The highest BCUT2D eigenvalue weighted by molar-refractivity contribution is 9.10. The minimum Gasteiger partial charge on any atom is -0.496 e. The van der Waals surface area contributed by atoms with Gasteiger partial charge in [0, 0.05) is 26.7 Å². The van der Waals surface area contributed by atoms with Crippen LogP contribution >= 0.6 is 27.7 Å². The molecule has 0 aliphatic heterocycles. The van der Waals surface area contributed by atoms with Gasteiger partial charge in [-0.3, -0.25) is 9.78 Å². The van der Waals surface area contributed by atoms with Gasteiger partial charge in [-0.2, -0.15) is 0 Å². The first kappa shape index (κ1) is 19.8. The second-order valence-electron chi connectivity index (χ2n) is 5.98. The standard InChI is InChI=1S/C19H23BrN2O2S/c1-11-7-17(12(2)6-15(11)20)25-10-18(23)22-9-16-14(4)19(24-5)13(3)8-21-16/h6-8H,9-10H2,1-5H3,(H,22,23). The van der Waals surface area contributed by atoms with Crippen molar-refractivity contribution in [3.63, 3.8) is 0 Å². The number of methoxy groups -OCH3 is 1. The Labute approximate surface area is 161 Å². The van der Waals surface area contributed by atoms with E-state index in [1.54, 1.807) is 25.1 Å². The Kier molecular flexibility index (Phi) is 6.90. The normalized spacial score (nSPS) is 10.6. The van der Waals surface area contributed by atoms with Crippen LogP contribution in [-0.4, -0.2) is 23.8 Å². The zero-order valence-corrected chi connectivity index (χ0v) is 17.6. The first-order valence-corrected chi connectivity index (χ1v) is 9.76. The van der Waals surface area contributed by atoms with E-state index in [2.05, 4.69) is 45.3 Å². The van der Waals surface area contributed by atoms with Crippen molar-refractivity contribution >= 4 is 33.6 Å². The number of aromatic nitrogens is 1. The molecule has 134 valence electrons. The molecule has 0 bridgehead atoms. The monoisotopic (exact) mass is 422 g/mol. The van der Waals surface area contributed by atoms with E-state index in [0.717, 1.165) is 37.5 Å². The lowest BCUT2D eigenvalue weighted by molar-refractivity contribution is -0.118. The number of amides is 1. The zero-order chi connectivity index (χ0) is 18.6. The molecule has 4 nitrogen and oxygen atoms in total. The molecule has 0 spiro atoms. The molecule has 0 atom stereocenters. The smallest absolute Gasteiger partial charge is 0.230 e. The molecule has 25 heavy (non-hydrogen) atoms. The van der Waals surface area contributed by atoms with Gasteiger partial charge in [0.1, 0.15) is 5.75 Å². The van der Waals surface area contributed by atoms with Gasteiger partial charge in [0.15, 0.2) is 0 Å². The average molecular weight is 423 g/mol. The molecule has 0 aliphatic rings. The highest BCUT2D eigenvalue weighted by Crippen LogP contribution is 2.28. The lowest BCUT2D eigenvalue weighted by atomic mass is 10.1. The number of pyridine rings is 1. The maximum absolute atomic E-state index is 12.2. The van der Waals surface area contributed by atoms with Crippen LogP contribution < -0.4 is 10.1 Å². The summed E-state index contributed by atoms with van der Waals surface area (Å²) in [5.74, 6) is 1.20. The topological polar surface area (TPSA) is 51.2 Å². The maximum Gasteiger partial charge on any atom is 0.230 e. The predicted octanol–water partition coefficient (Wildman–Crippen LogP) is 4.49. The molecular weight excluding hydrogens is 400 g/mol. The predicted molar refractivity (Wildman–Crippen MR) is 106 cm³/mol. The van der Waals surface area contributed by atoms with E-state index in [-0.39, 0.29) is 5.91 Å². The average Bonchev–Trinajstić information content (AvgIpc) is 2.56. The van der Waals surface area contributed by atoms with Crippen LogP contribution in [0.15, 0.2) is 27.7 Å². The Bertz CT molecular complexity index is 793. The Balaban J connectivity index is 1.95. The summed E-state index contributed by atoms with van der Waals surface area (Å²) in [5, 5.41) is 2.94. The van der Waals surface area contributed by atoms with Crippen LogP contribution in [0.2, 0.25) is 0 Å². The summed E-state index contributed by atoms with van der Waals surface area (Å²) in [4.78, 5) is 17.7. The van der Waals surface area contributed by atoms with Crippen LogP contribution in [0.4, 0.5) is 0 Å². The highest BCUT2D eigenvalue weighted by atomic mass is 79.9. The van der Waals surface area contributed by atoms with E-state index >= 15 is 0 Å². The minimum absolute atomic E-state index is 0.00860. The van der Waals surface area contributed by atoms with Crippen molar-refractivity contribution in [1.29, 1.82) is 0 Å². The SMILES string of the molecule is COc1c(C)cnc(CNC(=O)CSc2cc(C)c(Br)cc2C)c1C. The number of rotatable bonds is 6. The molecule has 1 N–H and O–H groups in total. The number of ether oxygens (including phenoxy) is 1. The fraction of sp³-hybridized carbons (Fsp3) is 0.368. The van der Waals surface area contributed by atoms with Crippen LogP contribution in [0, 0.1) is 27.7 Å². The number of hydrogen-bond donors (Lipinski definition) is 1.